The van der Waals surface area contributed by atoms with Crippen molar-refractivity contribution in [1.29, 1.82) is 0 Å². The summed E-state index contributed by atoms with van der Waals surface area (Å²) in [7, 11) is -4.01. The van der Waals surface area contributed by atoms with Gasteiger partial charge >= 0.3 is 6.09 Å². The Morgan fingerprint density at radius 1 is 0.800 bits per heavy atom. The van der Waals surface area contributed by atoms with E-state index >= 15 is 0 Å². The Morgan fingerprint density at radius 2 is 1.38 bits per heavy atom. The minimum atomic E-state index is -2.12. The average molecular weight is 717 g/mol. The number of carbonyl (C=O) groups excluding carboxylic acids is 2. The smallest absolute Gasteiger partial charge is 0.417 e. The van der Waals surface area contributed by atoms with Crippen LogP contribution in [0.2, 0.25) is 39.3 Å². The number of benzene rings is 4. The van der Waals surface area contributed by atoms with Gasteiger partial charge in [-0.1, -0.05) is 54.6 Å². The van der Waals surface area contributed by atoms with Crippen LogP contribution in [0.3, 0.4) is 0 Å². The number of halogens is 2. The quantitative estimate of drug-likeness (QED) is 0.131. The standard InChI is InChI=1S/C39H46F2N2O5Si2/c1-49(2,3)47-33-22-14-29(15-23-33)37(42-32-20-18-31(41)19-21-32)34(24-25-36(48-50(4,5)6)28-12-16-30(40)17-13-28)38(44)43-35(26-46-39(43)45)27-10-8-7-9-11-27/h7-23,34-37,42H,24-26H2,1-6H3/t34-,35-,36-,37-/m0/s1. The lowest BCUT2D eigenvalue weighted by atomic mass is 9.85. The van der Waals surface area contributed by atoms with E-state index in [1.807, 2.05) is 54.6 Å². The molecule has 0 bridgehead atoms. The third kappa shape index (κ3) is 9.89. The van der Waals surface area contributed by atoms with Crippen LogP contribution in [0.15, 0.2) is 103 Å². The van der Waals surface area contributed by atoms with E-state index in [4.69, 9.17) is 13.6 Å². The first kappa shape index (κ1) is 36.9. The molecule has 4 atom stereocenters. The van der Waals surface area contributed by atoms with E-state index in [0.29, 0.717) is 18.5 Å². The zero-order chi connectivity index (χ0) is 36.1. The Bertz CT molecular complexity index is 1730. The fraction of sp³-hybridized carbons (Fsp3) is 0.333. The molecule has 0 aliphatic carbocycles. The van der Waals surface area contributed by atoms with Crippen molar-refractivity contribution < 1.29 is 32.0 Å². The molecule has 0 spiro atoms. The van der Waals surface area contributed by atoms with Crippen molar-refractivity contribution in [1.82, 2.24) is 4.90 Å². The number of ether oxygens (including phenoxy) is 1. The van der Waals surface area contributed by atoms with E-state index in [-0.39, 0.29) is 18.2 Å². The SMILES string of the molecule is C[Si](C)(C)Oc1ccc([C@H](Nc2ccc(F)cc2)[C@H](CC[C@H](O[Si](C)(C)C)c2ccc(F)cc2)C(=O)N2C(=O)OC[C@H]2c2ccccc2)cc1. The number of nitrogens with one attached hydrogen (secondary N) is 1. The first-order valence-electron chi connectivity index (χ1n) is 17.0. The van der Waals surface area contributed by atoms with E-state index in [2.05, 4.69) is 44.6 Å². The summed E-state index contributed by atoms with van der Waals surface area (Å²) in [6.45, 7) is 12.6. The van der Waals surface area contributed by atoms with Gasteiger partial charge in [0, 0.05) is 5.69 Å². The molecule has 1 heterocycles. The van der Waals surface area contributed by atoms with Crippen molar-refractivity contribution in [2.75, 3.05) is 11.9 Å². The van der Waals surface area contributed by atoms with Gasteiger partial charge in [0.1, 0.15) is 30.0 Å². The number of nitrogens with zero attached hydrogens (tertiary/aromatic N) is 1. The van der Waals surface area contributed by atoms with E-state index in [9.17, 15) is 18.4 Å². The second-order valence-electron chi connectivity index (χ2n) is 14.6. The highest BCUT2D eigenvalue weighted by Gasteiger charge is 2.44. The van der Waals surface area contributed by atoms with Crippen molar-refractivity contribution >= 4 is 34.3 Å². The molecule has 5 rings (SSSR count). The van der Waals surface area contributed by atoms with Crippen LogP contribution in [0.25, 0.3) is 0 Å². The third-order valence-electron chi connectivity index (χ3n) is 8.32. The van der Waals surface area contributed by atoms with Crippen molar-refractivity contribution in [3.8, 4) is 5.75 Å². The molecule has 50 heavy (non-hydrogen) atoms. The normalized spacial score (nSPS) is 16.8. The maximum Gasteiger partial charge on any atom is 0.417 e. The fourth-order valence-corrected chi connectivity index (χ4v) is 8.12. The van der Waals surface area contributed by atoms with E-state index in [1.54, 1.807) is 24.3 Å². The number of hydrogen-bond donors (Lipinski definition) is 1. The van der Waals surface area contributed by atoms with Crippen LogP contribution in [0.5, 0.6) is 5.75 Å². The van der Waals surface area contributed by atoms with Crippen LogP contribution in [0.4, 0.5) is 19.3 Å². The second-order valence-corrected chi connectivity index (χ2v) is 23.5. The van der Waals surface area contributed by atoms with Crippen LogP contribution in [0, 0.1) is 17.6 Å². The number of anilines is 1. The first-order valence-corrected chi connectivity index (χ1v) is 23.8. The number of cyclic esters (lactones) is 1. The van der Waals surface area contributed by atoms with Crippen molar-refractivity contribution in [2.45, 2.75) is 70.3 Å². The van der Waals surface area contributed by atoms with Crippen molar-refractivity contribution in [3.63, 3.8) is 0 Å². The molecule has 0 aromatic heterocycles. The number of imide groups is 1. The minimum Gasteiger partial charge on any atom is -0.544 e. The van der Waals surface area contributed by atoms with Gasteiger partial charge in [-0.3, -0.25) is 4.79 Å². The Labute approximate surface area is 295 Å². The zero-order valence-corrected chi connectivity index (χ0v) is 31.5. The van der Waals surface area contributed by atoms with Gasteiger partial charge in [-0.25, -0.2) is 18.5 Å². The molecule has 4 aromatic rings. The molecule has 1 fully saturated rings. The van der Waals surface area contributed by atoms with Crippen LogP contribution in [-0.4, -0.2) is 40.1 Å². The lowest BCUT2D eigenvalue weighted by Crippen LogP contribution is -2.42. The van der Waals surface area contributed by atoms with E-state index in [0.717, 1.165) is 22.4 Å². The topological polar surface area (TPSA) is 77.1 Å². The second kappa shape index (κ2) is 15.7. The monoisotopic (exact) mass is 716 g/mol. The highest BCUT2D eigenvalue weighted by molar-refractivity contribution is 6.70. The summed E-state index contributed by atoms with van der Waals surface area (Å²) >= 11 is 0. The Balaban J connectivity index is 1.58. The van der Waals surface area contributed by atoms with Gasteiger partial charge in [0.2, 0.25) is 14.2 Å². The van der Waals surface area contributed by atoms with Gasteiger partial charge in [-0.05, 0) is 117 Å². The molecular formula is C39H46F2N2O5Si2. The molecule has 7 nitrogen and oxygen atoms in total. The van der Waals surface area contributed by atoms with Crippen LogP contribution >= 0.6 is 0 Å². The molecular weight excluding hydrogens is 671 g/mol. The average Bonchev–Trinajstić information content (AvgIpc) is 3.45. The zero-order valence-electron chi connectivity index (χ0n) is 29.5. The number of rotatable bonds is 14. The summed E-state index contributed by atoms with van der Waals surface area (Å²) in [5.74, 6) is -1.23. The number of hydrogen-bond acceptors (Lipinski definition) is 6. The molecule has 0 saturated carbocycles. The molecule has 0 unspecified atom stereocenters. The van der Waals surface area contributed by atoms with Gasteiger partial charge in [0.25, 0.3) is 0 Å². The molecule has 264 valence electrons. The Hall–Kier alpha value is -4.33. The molecule has 1 N–H and O–H groups in total. The Morgan fingerprint density at radius 3 is 1.96 bits per heavy atom. The predicted octanol–water partition coefficient (Wildman–Crippen LogP) is 10.0. The van der Waals surface area contributed by atoms with Crippen LogP contribution in [-0.2, 0) is 14.0 Å². The molecule has 4 aromatic carbocycles. The van der Waals surface area contributed by atoms with Gasteiger partial charge in [0.05, 0.1) is 18.1 Å². The summed E-state index contributed by atoms with van der Waals surface area (Å²) in [5, 5.41) is 3.50. The molecule has 11 heteroatoms. The number of carbonyl (C=O) groups is 2. The van der Waals surface area contributed by atoms with Gasteiger partial charge < -0.3 is 18.9 Å². The van der Waals surface area contributed by atoms with Crippen LogP contribution in [0.1, 0.15) is 47.7 Å². The predicted molar refractivity (Wildman–Crippen MR) is 197 cm³/mol. The molecule has 1 aliphatic rings. The summed E-state index contributed by atoms with van der Waals surface area (Å²) in [4.78, 5) is 29.6. The summed E-state index contributed by atoms with van der Waals surface area (Å²) in [6, 6.07) is 27.9. The highest BCUT2D eigenvalue weighted by Crippen LogP contribution is 2.39. The van der Waals surface area contributed by atoms with Gasteiger partial charge in [0.15, 0.2) is 8.32 Å². The lowest BCUT2D eigenvalue weighted by Gasteiger charge is -2.34. The molecule has 2 amide bonds. The fourth-order valence-electron chi connectivity index (χ4n) is 6.16. The molecule has 1 saturated heterocycles. The largest absolute Gasteiger partial charge is 0.544 e. The highest BCUT2D eigenvalue weighted by atomic mass is 28.4. The van der Waals surface area contributed by atoms with Crippen molar-refractivity contribution in [2.24, 2.45) is 5.92 Å². The number of amides is 2. The van der Waals surface area contributed by atoms with Crippen LogP contribution < -0.4 is 9.74 Å². The van der Waals surface area contributed by atoms with Gasteiger partial charge in [-0.2, -0.15) is 0 Å². The van der Waals surface area contributed by atoms with E-state index < -0.39 is 52.7 Å². The maximum absolute atomic E-state index is 15.0. The summed E-state index contributed by atoms with van der Waals surface area (Å²) in [5.41, 5.74) is 2.98. The molecule has 0 radical (unpaired) electrons. The van der Waals surface area contributed by atoms with Crippen molar-refractivity contribution in [3.05, 3.63) is 131 Å². The first-order chi connectivity index (χ1) is 23.7. The summed E-state index contributed by atoms with van der Waals surface area (Å²) < 4.78 is 46.3. The molecule has 1 aliphatic heterocycles. The Kier molecular flexibility index (Phi) is 11.6. The maximum atomic E-state index is 15.0. The van der Waals surface area contributed by atoms with Gasteiger partial charge in [-0.15, -0.1) is 0 Å². The minimum absolute atomic E-state index is 0.0387. The van der Waals surface area contributed by atoms with E-state index in [1.165, 1.54) is 29.2 Å². The third-order valence-corrected chi connectivity index (χ3v) is 10.2. The lowest BCUT2D eigenvalue weighted by molar-refractivity contribution is -0.134. The summed E-state index contributed by atoms with van der Waals surface area (Å²) in [6.07, 6.45) is -0.430.